The maximum atomic E-state index is 3.87. The number of rotatable bonds is 5. The van der Waals surface area contributed by atoms with Gasteiger partial charge in [-0.3, -0.25) is 0 Å². The molecule has 2 nitrogen and oxygen atoms in total. The van der Waals surface area contributed by atoms with Crippen molar-refractivity contribution in [3.63, 3.8) is 0 Å². The van der Waals surface area contributed by atoms with Crippen LogP contribution in [0.2, 0.25) is 0 Å². The number of aromatic amines is 1. The summed E-state index contributed by atoms with van der Waals surface area (Å²) < 4.78 is 0. The highest BCUT2D eigenvalue weighted by atomic mass is 35.5. The molecule has 2 N–H and O–H groups in total. The lowest BCUT2D eigenvalue weighted by atomic mass is 9.49. The Morgan fingerprint density at radius 2 is 1.91 bits per heavy atom. The lowest BCUT2D eigenvalue weighted by molar-refractivity contribution is 0.0257. The van der Waals surface area contributed by atoms with E-state index in [4.69, 9.17) is 0 Å². The molecule has 0 bridgehead atoms. The number of benzene rings is 2. The fraction of sp³-hybridized carbons (Fsp3) is 0.517. The molecule has 3 atom stereocenters. The molecule has 0 spiro atoms. The largest absolute Gasteiger partial charge is 0.361 e. The topological polar surface area (TPSA) is 27.8 Å². The Labute approximate surface area is 200 Å². The molecule has 2 aliphatic carbocycles. The number of aromatic nitrogens is 1. The minimum atomic E-state index is 0. The first-order valence-corrected chi connectivity index (χ1v) is 12.3. The van der Waals surface area contributed by atoms with Gasteiger partial charge in [-0.2, -0.15) is 0 Å². The van der Waals surface area contributed by atoms with E-state index in [1.807, 2.05) is 0 Å². The maximum Gasteiger partial charge on any atom is 0.0457 e. The fourth-order valence-corrected chi connectivity index (χ4v) is 6.98. The van der Waals surface area contributed by atoms with E-state index in [1.165, 1.54) is 54.1 Å². The monoisotopic (exact) mass is 450 g/mol. The molecule has 0 unspecified atom stereocenters. The summed E-state index contributed by atoms with van der Waals surface area (Å²) in [5.74, 6) is 1.36. The van der Waals surface area contributed by atoms with Crippen LogP contribution in [-0.2, 0) is 18.4 Å². The standard InChI is InChI=1S/C29H38N2.ClH/c1-20(2)21-10-12-25-22(16-21)11-13-27-28(3,14-7-15-29(25,27)4)19-30-17-23-18-31-26-9-6-5-8-24(23)26;/h5-6,8-10,12,16,18,20,27,30-31H,7,11,13-15,17,19H2,1-4H3;1H/t27-,28-,29+;/m1./s1. The van der Waals surface area contributed by atoms with Gasteiger partial charge in [0.25, 0.3) is 0 Å². The van der Waals surface area contributed by atoms with Crippen molar-refractivity contribution in [3.8, 4) is 0 Å². The van der Waals surface area contributed by atoms with Crippen molar-refractivity contribution >= 4 is 23.3 Å². The summed E-state index contributed by atoms with van der Waals surface area (Å²) in [5, 5.41) is 5.22. The van der Waals surface area contributed by atoms with E-state index in [0.717, 1.165) is 19.0 Å². The van der Waals surface area contributed by atoms with Gasteiger partial charge in [-0.15, -0.1) is 12.4 Å². The van der Waals surface area contributed by atoms with Gasteiger partial charge in [0.05, 0.1) is 0 Å². The number of para-hydroxylation sites is 1. The molecule has 0 aliphatic heterocycles. The van der Waals surface area contributed by atoms with E-state index in [9.17, 15) is 0 Å². The number of hydrogen-bond acceptors (Lipinski definition) is 1. The highest BCUT2D eigenvalue weighted by Crippen LogP contribution is 2.57. The number of hydrogen-bond donors (Lipinski definition) is 2. The van der Waals surface area contributed by atoms with Gasteiger partial charge >= 0.3 is 0 Å². The van der Waals surface area contributed by atoms with E-state index in [0.29, 0.717) is 16.7 Å². The number of H-pyrrole nitrogens is 1. The maximum absolute atomic E-state index is 3.87. The van der Waals surface area contributed by atoms with Crippen molar-refractivity contribution in [2.45, 2.75) is 77.7 Å². The van der Waals surface area contributed by atoms with Crippen LogP contribution in [0.4, 0.5) is 0 Å². The predicted octanol–water partition coefficient (Wildman–Crippen LogP) is 7.51. The average Bonchev–Trinajstić information content (AvgIpc) is 3.16. The molecule has 1 saturated carbocycles. The van der Waals surface area contributed by atoms with Gasteiger partial charge in [-0.05, 0) is 76.7 Å². The van der Waals surface area contributed by atoms with E-state index >= 15 is 0 Å². The van der Waals surface area contributed by atoms with Crippen molar-refractivity contribution in [1.29, 1.82) is 0 Å². The van der Waals surface area contributed by atoms with Gasteiger partial charge < -0.3 is 10.3 Å². The SMILES string of the molecule is CC(C)c1ccc2c(c1)CC[C@@H]1[C@@](C)(CNCc3c[nH]c4ccccc34)CCC[C@@]21C.Cl. The van der Waals surface area contributed by atoms with Gasteiger partial charge in [0, 0.05) is 30.2 Å². The van der Waals surface area contributed by atoms with Crippen LogP contribution >= 0.6 is 12.4 Å². The number of halogens is 1. The van der Waals surface area contributed by atoms with Crippen LogP contribution in [0.15, 0.2) is 48.7 Å². The molecule has 0 radical (unpaired) electrons. The van der Waals surface area contributed by atoms with E-state index < -0.39 is 0 Å². The molecule has 172 valence electrons. The van der Waals surface area contributed by atoms with Crippen LogP contribution in [0.5, 0.6) is 0 Å². The number of fused-ring (bicyclic) bond motifs is 4. The van der Waals surface area contributed by atoms with Gasteiger partial charge in [0.15, 0.2) is 0 Å². The molecule has 3 aromatic rings. The van der Waals surface area contributed by atoms with Crippen molar-refractivity contribution in [2.75, 3.05) is 6.54 Å². The lowest BCUT2D eigenvalue weighted by Gasteiger charge is -2.55. The van der Waals surface area contributed by atoms with Crippen LogP contribution in [0.3, 0.4) is 0 Å². The summed E-state index contributed by atoms with van der Waals surface area (Å²) >= 11 is 0. The third-order valence-electron chi connectivity index (χ3n) is 8.69. The van der Waals surface area contributed by atoms with E-state index in [2.05, 4.69) is 86.7 Å². The molecule has 3 heteroatoms. The quantitative estimate of drug-likeness (QED) is 0.413. The van der Waals surface area contributed by atoms with Gasteiger partial charge in [0.2, 0.25) is 0 Å². The van der Waals surface area contributed by atoms with Crippen molar-refractivity contribution < 1.29 is 0 Å². The molecule has 1 fully saturated rings. The van der Waals surface area contributed by atoms with Crippen LogP contribution in [-0.4, -0.2) is 11.5 Å². The zero-order chi connectivity index (χ0) is 21.6. The van der Waals surface area contributed by atoms with E-state index in [1.54, 1.807) is 11.1 Å². The first-order valence-electron chi connectivity index (χ1n) is 12.3. The molecular weight excluding hydrogens is 412 g/mol. The Balaban J connectivity index is 0.00000245. The smallest absolute Gasteiger partial charge is 0.0457 e. The van der Waals surface area contributed by atoms with Crippen molar-refractivity contribution in [2.24, 2.45) is 11.3 Å². The molecule has 2 aromatic carbocycles. The second-order valence-corrected chi connectivity index (χ2v) is 11.1. The third-order valence-corrected chi connectivity index (χ3v) is 8.69. The summed E-state index contributed by atoms with van der Waals surface area (Å²) in [5.41, 5.74) is 8.07. The summed E-state index contributed by atoms with van der Waals surface area (Å²) in [7, 11) is 0. The Hall–Kier alpha value is -1.77. The molecule has 0 saturated heterocycles. The summed E-state index contributed by atoms with van der Waals surface area (Å²) in [6, 6.07) is 16.0. The fourth-order valence-electron chi connectivity index (χ4n) is 6.98. The van der Waals surface area contributed by atoms with Gasteiger partial charge in [-0.1, -0.05) is 70.5 Å². The number of nitrogens with one attached hydrogen (secondary N) is 2. The third kappa shape index (κ3) is 3.90. The van der Waals surface area contributed by atoms with Crippen molar-refractivity contribution in [3.05, 3.63) is 70.9 Å². The minimum Gasteiger partial charge on any atom is -0.361 e. The van der Waals surface area contributed by atoms with Crippen LogP contribution in [0.25, 0.3) is 10.9 Å². The Morgan fingerprint density at radius 1 is 1.09 bits per heavy atom. The summed E-state index contributed by atoms with van der Waals surface area (Å²) in [4.78, 5) is 3.42. The molecule has 2 aliphatic rings. The summed E-state index contributed by atoms with van der Waals surface area (Å²) in [6.07, 6.45) is 8.76. The van der Waals surface area contributed by atoms with Crippen LogP contribution in [0.1, 0.15) is 81.5 Å². The Kier molecular flexibility index (Phi) is 6.49. The van der Waals surface area contributed by atoms with Gasteiger partial charge in [0.1, 0.15) is 0 Å². The van der Waals surface area contributed by atoms with Crippen molar-refractivity contribution in [1.82, 2.24) is 10.3 Å². The normalized spacial score (nSPS) is 27.1. The zero-order valence-corrected chi connectivity index (χ0v) is 20.9. The molecule has 0 amide bonds. The van der Waals surface area contributed by atoms with Crippen LogP contribution in [0, 0.1) is 11.3 Å². The second kappa shape index (κ2) is 8.88. The number of aryl methyl sites for hydroxylation is 1. The predicted molar refractivity (Wildman–Crippen MR) is 139 cm³/mol. The molecule has 1 heterocycles. The molecule has 32 heavy (non-hydrogen) atoms. The zero-order valence-electron chi connectivity index (χ0n) is 20.1. The minimum absolute atomic E-state index is 0. The molecular formula is C29H39ClN2. The highest BCUT2D eigenvalue weighted by Gasteiger charge is 2.51. The summed E-state index contributed by atoms with van der Waals surface area (Å²) in [6.45, 7) is 11.8. The Morgan fingerprint density at radius 3 is 2.72 bits per heavy atom. The average molecular weight is 451 g/mol. The van der Waals surface area contributed by atoms with E-state index in [-0.39, 0.29) is 12.4 Å². The molecule has 1 aromatic heterocycles. The highest BCUT2D eigenvalue weighted by molar-refractivity contribution is 5.85. The molecule has 5 rings (SSSR count). The Bertz CT molecular complexity index is 1080. The lowest BCUT2D eigenvalue weighted by Crippen LogP contribution is -2.52. The second-order valence-electron chi connectivity index (χ2n) is 11.1. The first-order chi connectivity index (χ1) is 14.9. The van der Waals surface area contributed by atoms with Crippen LogP contribution < -0.4 is 5.32 Å². The van der Waals surface area contributed by atoms with Gasteiger partial charge in [-0.25, -0.2) is 0 Å². The first kappa shape index (κ1) is 23.4.